The molecule has 6 rings (SSSR count). The highest BCUT2D eigenvalue weighted by Gasteiger charge is 2.30. The summed E-state index contributed by atoms with van der Waals surface area (Å²) in [6.07, 6.45) is 2.77. The molecule has 3 heteroatoms. The Balaban J connectivity index is 1.87. The molecule has 0 atom stereocenters. The van der Waals surface area contributed by atoms with Crippen molar-refractivity contribution in [2.45, 2.75) is 0 Å². The average Bonchev–Trinajstić information content (AvgIpc) is 3.19. The summed E-state index contributed by atoms with van der Waals surface area (Å²) in [6, 6.07) is 30.2. The van der Waals surface area contributed by atoms with E-state index in [9.17, 15) is 9.59 Å². The minimum atomic E-state index is -0.137. The van der Waals surface area contributed by atoms with Crippen molar-refractivity contribution in [3.63, 3.8) is 0 Å². The number of ketones is 2. The zero-order valence-electron chi connectivity index (χ0n) is 16.6. The largest absolute Gasteiger partial charge is 0.308 e. The highest BCUT2D eigenvalue weighted by atomic mass is 16.1. The van der Waals surface area contributed by atoms with Crippen molar-refractivity contribution in [1.29, 1.82) is 0 Å². The molecule has 146 valence electrons. The van der Waals surface area contributed by atoms with E-state index in [1.54, 1.807) is 0 Å². The lowest BCUT2D eigenvalue weighted by atomic mass is 9.93. The van der Waals surface area contributed by atoms with Crippen LogP contribution in [-0.2, 0) is 0 Å². The van der Waals surface area contributed by atoms with Crippen LogP contribution in [0.2, 0.25) is 0 Å². The van der Waals surface area contributed by atoms with Crippen LogP contribution >= 0.6 is 0 Å². The first-order chi connectivity index (χ1) is 15.2. The Labute approximate surface area is 178 Å². The van der Waals surface area contributed by atoms with Crippen LogP contribution in [0.5, 0.6) is 0 Å². The van der Waals surface area contributed by atoms with E-state index >= 15 is 0 Å². The first kappa shape index (κ1) is 17.6. The molecule has 31 heavy (non-hydrogen) atoms. The first-order valence-electron chi connectivity index (χ1n) is 10.2. The minimum absolute atomic E-state index is 0.136. The monoisotopic (exact) mass is 399 g/mol. The van der Waals surface area contributed by atoms with Crippen molar-refractivity contribution in [1.82, 2.24) is 4.40 Å². The SMILES string of the molecule is O=C1C=CC(=O)c2c1c(-c1ccccc1)n1c2cc(-c2ccccc2)c2ccccc21. The molecule has 3 nitrogen and oxygen atoms in total. The fourth-order valence-electron chi connectivity index (χ4n) is 4.62. The van der Waals surface area contributed by atoms with Crippen molar-refractivity contribution in [3.8, 4) is 22.4 Å². The molecule has 0 saturated carbocycles. The Morgan fingerprint density at radius 2 is 1.13 bits per heavy atom. The molecule has 0 bridgehead atoms. The van der Waals surface area contributed by atoms with Gasteiger partial charge in [0, 0.05) is 5.39 Å². The fraction of sp³-hybridized carbons (Fsp3) is 0. The number of benzene rings is 3. The third-order valence-electron chi connectivity index (χ3n) is 5.93. The first-order valence-corrected chi connectivity index (χ1v) is 10.2. The van der Waals surface area contributed by atoms with Crippen LogP contribution < -0.4 is 0 Å². The van der Waals surface area contributed by atoms with Crippen LogP contribution in [0.25, 0.3) is 38.8 Å². The summed E-state index contributed by atoms with van der Waals surface area (Å²) in [6.45, 7) is 0. The third kappa shape index (κ3) is 2.53. The van der Waals surface area contributed by atoms with Gasteiger partial charge in [-0.1, -0.05) is 78.9 Å². The second-order valence-corrected chi connectivity index (χ2v) is 7.69. The Morgan fingerprint density at radius 1 is 0.548 bits per heavy atom. The number of rotatable bonds is 2. The van der Waals surface area contributed by atoms with Crippen molar-refractivity contribution < 1.29 is 9.59 Å². The number of aromatic nitrogens is 1. The minimum Gasteiger partial charge on any atom is -0.308 e. The van der Waals surface area contributed by atoms with Gasteiger partial charge in [-0.2, -0.15) is 0 Å². The second kappa shape index (κ2) is 6.64. The van der Waals surface area contributed by atoms with Crippen molar-refractivity contribution >= 4 is 28.0 Å². The Hall–Kier alpha value is -4.24. The molecule has 3 aromatic carbocycles. The number of pyridine rings is 1. The summed E-state index contributed by atoms with van der Waals surface area (Å²) < 4.78 is 2.07. The summed E-state index contributed by atoms with van der Waals surface area (Å²) in [5.41, 5.74) is 6.48. The van der Waals surface area contributed by atoms with E-state index in [0.29, 0.717) is 11.1 Å². The summed E-state index contributed by atoms with van der Waals surface area (Å²) in [5.74, 6) is -0.272. The van der Waals surface area contributed by atoms with Crippen LogP contribution in [0.1, 0.15) is 20.7 Å². The number of allylic oxidation sites excluding steroid dienone is 2. The van der Waals surface area contributed by atoms with Gasteiger partial charge in [-0.15, -0.1) is 0 Å². The van der Waals surface area contributed by atoms with E-state index in [0.717, 1.165) is 38.8 Å². The molecule has 2 heterocycles. The van der Waals surface area contributed by atoms with E-state index in [1.165, 1.54) is 12.2 Å². The summed E-state index contributed by atoms with van der Waals surface area (Å²) in [7, 11) is 0. The third-order valence-corrected chi connectivity index (χ3v) is 5.93. The van der Waals surface area contributed by atoms with E-state index in [1.807, 2.05) is 66.7 Å². The number of nitrogens with zero attached hydrogens (tertiary/aromatic N) is 1. The maximum absolute atomic E-state index is 13.0. The van der Waals surface area contributed by atoms with Crippen molar-refractivity contribution in [2.75, 3.05) is 0 Å². The smallest absolute Gasteiger partial charge is 0.188 e. The number of carbonyl (C=O) groups excluding carboxylic acids is 2. The molecule has 0 amide bonds. The molecule has 0 fully saturated rings. The molecule has 1 aliphatic carbocycles. The zero-order chi connectivity index (χ0) is 20.9. The van der Waals surface area contributed by atoms with Gasteiger partial charge in [0.05, 0.1) is 27.9 Å². The molecular formula is C28H17NO2. The standard InChI is InChI=1S/C28H17NO2/c30-24-15-16-25(31)27-26(24)23-17-21(18-9-3-1-4-10-18)20-13-7-8-14-22(20)29(23)28(27)19-11-5-2-6-12-19/h1-17H. The number of carbonyl (C=O) groups is 2. The van der Waals surface area contributed by atoms with Gasteiger partial charge in [-0.05, 0) is 41.0 Å². The Bertz CT molecular complexity index is 1540. The molecule has 1 aliphatic rings. The molecule has 0 N–H and O–H groups in total. The highest BCUT2D eigenvalue weighted by molar-refractivity contribution is 6.28. The van der Waals surface area contributed by atoms with E-state index in [2.05, 4.69) is 28.7 Å². The van der Waals surface area contributed by atoms with Gasteiger partial charge >= 0.3 is 0 Å². The molecule has 2 aromatic heterocycles. The van der Waals surface area contributed by atoms with Gasteiger partial charge in [0.2, 0.25) is 0 Å². The molecule has 5 aromatic rings. The van der Waals surface area contributed by atoms with Gasteiger partial charge in [-0.25, -0.2) is 0 Å². The maximum Gasteiger partial charge on any atom is 0.188 e. The van der Waals surface area contributed by atoms with Gasteiger partial charge < -0.3 is 4.40 Å². The van der Waals surface area contributed by atoms with Gasteiger partial charge in [-0.3, -0.25) is 9.59 Å². The summed E-state index contributed by atoms with van der Waals surface area (Å²) >= 11 is 0. The fourth-order valence-corrected chi connectivity index (χ4v) is 4.62. The number of para-hydroxylation sites is 1. The maximum atomic E-state index is 13.0. The van der Waals surface area contributed by atoms with E-state index in [4.69, 9.17) is 0 Å². The molecule has 0 radical (unpaired) electrons. The van der Waals surface area contributed by atoms with Crippen LogP contribution in [0, 0.1) is 0 Å². The van der Waals surface area contributed by atoms with Crippen LogP contribution in [0.15, 0.2) is 103 Å². The van der Waals surface area contributed by atoms with Gasteiger partial charge in [0.15, 0.2) is 11.6 Å². The van der Waals surface area contributed by atoms with Crippen LogP contribution in [-0.4, -0.2) is 16.0 Å². The van der Waals surface area contributed by atoms with E-state index in [-0.39, 0.29) is 11.6 Å². The predicted molar refractivity (Wildman–Crippen MR) is 124 cm³/mol. The lowest BCUT2D eigenvalue weighted by molar-refractivity contribution is 0.0996. The topological polar surface area (TPSA) is 38.5 Å². The van der Waals surface area contributed by atoms with Crippen molar-refractivity contribution in [3.05, 3.63) is 114 Å². The quantitative estimate of drug-likeness (QED) is 0.346. The molecule has 0 saturated heterocycles. The summed E-state index contributed by atoms with van der Waals surface area (Å²) in [5, 5.41) is 1.07. The lowest BCUT2D eigenvalue weighted by Crippen LogP contribution is -2.09. The lowest BCUT2D eigenvalue weighted by Gasteiger charge is -2.13. The second-order valence-electron chi connectivity index (χ2n) is 7.69. The van der Waals surface area contributed by atoms with Crippen LogP contribution in [0.4, 0.5) is 0 Å². The van der Waals surface area contributed by atoms with E-state index < -0.39 is 0 Å². The van der Waals surface area contributed by atoms with Gasteiger partial charge in [0.25, 0.3) is 0 Å². The Morgan fingerprint density at radius 3 is 1.84 bits per heavy atom. The van der Waals surface area contributed by atoms with Crippen LogP contribution in [0.3, 0.4) is 0 Å². The Kier molecular flexibility index (Phi) is 3.77. The number of fused-ring (bicyclic) bond motifs is 5. The van der Waals surface area contributed by atoms with Gasteiger partial charge in [0.1, 0.15) is 0 Å². The molecular weight excluding hydrogens is 382 g/mol. The normalized spacial score (nSPS) is 13.2. The number of hydrogen-bond donors (Lipinski definition) is 0. The highest BCUT2D eigenvalue weighted by Crippen LogP contribution is 2.40. The molecule has 0 unspecified atom stereocenters. The average molecular weight is 399 g/mol. The van der Waals surface area contributed by atoms with Crippen molar-refractivity contribution in [2.24, 2.45) is 0 Å². The predicted octanol–water partition coefficient (Wildman–Crippen LogP) is 6.36. The zero-order valence-corrected chi connectivity index (χ0v) is 16.6. The molecule has 0 aliphatic heterocycles. The summed E-state index contributed by atoms with van der Waals surface area (Å²) in [4.78, 5) is 26.1. The number of hydrogen-bond acceptors (Lipinski definition) is 2. The molecule has 0 spiro atoms.